The zero-order valence-corrected chi connectivity index (χ0v) is 21.0. The van der Waals surface area contributed by atoms with E-state index in [4.69, 9.17) is 0 Å². The van der Waals surface area contributed by atoms with Crippen LogP contribution in [0.1, 0.15) is 54.2 Å². The quantitative estimate of drug-likeness (QED) is 0.453. The predicted octanol–water partition coefficient (Wildman–Crippen LogP) is 6.61. The molecule has 0 spiro atoms. The number of hydrogen-bond donors (Lipinski definition) is 1. The van der Waals surface area contributed by atoms with Gasteiger partial charge in [-0.15, -0.1) is 0 Å². The van der Waals surface area contributed by atoms with Gasteiger partial charge < -0.3 is 5.32 Å². The van der Waals surface area contributed by atoms with Gasteiger partial charge in [0.05, 0.1) is 11.3 Å². The van der Waals surface area contributed by atoms with E-state index in [1.54, 1.807) is 0 Å². The van der Waals surface area contributed by atoms with Crippen molar-refractivity contribution in [1.82, 2.24) is 0 Å². The number of aryl methyl sites for hydroxylation is 4. The number of anilines is 2. The van der Waals surface area contributed by atoms with Crippen molar-refractivity contribution in [2.75, 3.05) is 10.2 Å². The van der Waals surface area contributed by atoms with Crippen LogP contribution in [-0.4, -0.2) is 11.8 Å². The van der Waals surface area contributed by atoms with Crippen LogP contribution in [0.25, 0.3) is 5.57 Å². The van der Waals surface area contributed by atoms with Gasteiger partial charge in [0.25, 0.3) is 11.8 Å². The van der Waals surface area contributed by atoms with Gasteiger partial charge in [-0.2, -0.15) is 0 Å². The summed E-state index contributed by atoms with van der Waals surface area (Å²) in [4.78, 5) is 28.8. The summed E-state index contributed by atoms with van der Waals surface area (Å²) in [6, 6.07) is 19.6. The van der Waals surface area contributed by atoms with Crippen LogP contribution in [0.2, 0.25) is 0 Å². The monoisotopic (exact) mass is 452 g/mol. The van der Waals surface area contributed by atoms with E-state index in [9.17, 15) is 9.59 Å². The number of imide groups is 1. The van der Waals surface area contributed by atoms with Crippen LogP contribution >= 0.6 is 0 Å². The van der Waals surface area contributed by atoms with Gasteiger partial charge in [-0.05, 0) is 73.6 Å². The molecule has 174 valence electrons. The van der Waals surface area contributed by atoms with Crippen LogP contribution in [0.5, 0.6) is 0 Å². The molecule has 2 amide bonds. The van der Waals surface area contributed by atoms with E-state index in [-0.39, 0.29) is 17.2 Å². The van der Waals surface area contributed by atoms with E-state index in [1.165, 1.54) is 4.90 Å². The third-order valence-electron chi connectivity index (χ3n) is 6.37. The Morgan fingerprint density at radius 3 is 1.85 bits per heavy atom. The summed E-state index contributed by atoms with van der Waals surface area (Å²) in [5.41, 5.74) is 8.22. The molecule has 3 aromatic rings. The number of nitrogens with zero attached hydrogens (tertiary/aromatic N) is 1. The molecule has 1 aliphatic heterocycles. The first-order valence-electron chi connectivity index (χ1n) is 11.6. The van der Waals surface area contributed by atoms with Gasteiger partial charge in [0.1, 0.15) is 5.70 Å². The molecule has 1 heterocycles. The molecule has 0 fully saturated rings. The molecular weight excluding hydrogens is 420 g/mol. The number of benzene rings is 3. The van der Waals surface area contributed by atoms with Gasteiger partial charge in [0, 0.05) is 5.69 Å². The van der Waals surface area contributed by atoms with Crippen LogP contribution in [0.15, 0.2) is 66.4 Å². The molecule has 1 aliphatic rings. The Hall–Kier alpha value is -3.66. The number of hydrogen-bond acceptors (Lipinski definition) is 3. The molecule has 1 N–H and O–H groups in total. The minimum atomic E-state index is -0.344. The normalized spacial score (nSPS) is 14.3. The fourth-order valence-electron chi connectivity index (χ4n) is 4.42. The third-order valence-corrected chi connectivity index (χ3v) is 6.37. The molecular formula is C30H32N2O2. The molecule has 0 atom stereocenters. The van der Waals surface area contributed by atoms with Crippen molar-refractivity contribution in [3.63, 3.8) is 0 Å². The summed E-state index contributed by atoms with van der Waals surface area (Å²) in [5, 5.41) is 3.31. The van der Waals surface area contributed by atoms with Crippen molar-refractivity contribution in [2.24, 2.45) is 0 Å². The maximum absolute atomic E-state index is 13.8. The number of carbonyl (C=O) groups excluding carboxylic acids is 2. The summed E-state index contributed by atoms with van der Waals surface area (Å²) in [6.45, 7) is 14.4. The Morgan fingerprint density at radius 1 is 0.706 bits per heavy atom. The van der Waals surface area contributed by atoms with E-state index < -0.39 is 0 Å². The standard InChI is InChI=1S/C30H32N2O2/c1-18-8-14-24(20(3)16-18)26-27(31-25-15-9-19(2)17-21(25)4)29(34)32(28(26)33)23-12-10-22(11-13-23)30(5,6)7/h8-17,31H,1-7H3. The fourth-order valence-corrected chi connectivity index (χ4v) is 4.42. The van der Waals surface area contributed by atoms with E-state index in [2.05, 4.69) is 32.2 Å². The molecule has 4 rings (SSSR count). The molecule has 34 heavy (non-hydrogen) atoms. The highest BCUT2D eigenvalue weighted by Gasteiger charge is 2.41. The Balaban J connectivity index is 1.83. The van der Waals surface area contributed by atoms with Crippen molar-refractivity contribution in [3.05, 3.63) is 99.7 Å². The zero-order chi connectivity index (χ0) is 24.8. The lowest BCUT2D eigenvalue weighted by Crippen LogP contribution is -2.32. The topological polar surface area (TPSA) is 49.4 Å². The summed E-state index contributed by atoms with van der Waals surface area (Å²) in [7, 11) is 0. The summed E-state index contributed by atoms with van der Waals surface area (Å²) >= 11 is 0. The second-order valence-electron chi connectivity index (χ2n) is 10.3. The van der Waals surface area contributed by atoms with E-state index >= 15 is 0 Å². The highest BCUT2D eigenvalue weighted by Crippen LogP contribution is 2.36. The van der Waals surface area contributed by atoms with E-state index in [1.807, 2.05) is 82.3 Å². The van der Waals surface area contributed by atoms with Crippen molar-refractivity contribution >= 4 is 28.8 Å². The van der Waals surface area contributed by atoms with Crippen LogP contribution in [0.3, 0.4) is 0 Å². The molecule has 4 heteroatoms. The predicted molar refractivity (Wildman–Crippen MR) is 140 cm³/mol. The Morgan fingerprint density at radius 2 is 1.29 bits per heavy atom. The van der Waals surface area contributed by atoms with E-state index in [0.29, 0.717) is 17.0 Å². The fraction of sp³-hybridized carbons (Fsp3) is 0.267. The lowest BCUT2D eigenvalue weighted by atomic mass is 9.87. The maximum atomic E-state index is 13.8. The molecule has 3 aromatic carbocycles. The average Bonchev–Trinajstić information content (AvgIpc) is 2.99. The number of amides is 2. The Labute approximate surface area is 202 Å². The lowest BCUT2D eigenvalue weighted by molar-refractivity contribution is -0.120. The molecule has 0 saturated carbocycles. The van der Waals surface area contributed by atoms with Gasteiger partial charge in [0.15, 0.2) is 0 Å². The summed E-state index contributed by atoms with van der Waals surface area (Å²) in [6.07, 6.45) is 0. The smallest absolute Gasteiger partial charge is 0.282 e. The average molecular weight is 453 g/mol. The van der Waals surface area contributed by atoms with E-state index in [0.717, 1.165) is 39.1 Å². The highest BCUT2D eigenvalue weighted by atomic mass is 16.2. The second kappa shape index (κ2) is 8.60. The summed E-state index contributed by atoms with van der Waals surface area (Å²) < 4.78 is 0. The van der Waals surface area contributed by atoms with Crippen LogP contribution in [-0.2, 0) is 15.0 Å². The van der Waals surface area contributed by atoms with Crippen molar-refractivity contribution in [1.29, 1.82) is 0 Å². The Bertz CT molecular complexity index is 1320. The molecule has 0 bridgehead atoms. The molecule has 0 unspecified atom stereocenters. The molecule has 4 nitrogen and oxygen atoms in total. The molecule has 0 saturated heterocycles. The van der Waals surface area contributed by atoms with Gasteiger partial charge >= 0.3 is 0 Å². The molecule has 0 radical (unpaired) electrons. The second-order valence-corrected chi connectivity index (χ2v) is 10.3. The minimum Gasteiger partial charge on any atom is -0.350 e. The molecule has 0 aliphatic carbocycles. The SMILES string of the molecule is Cc1ccc(NC2=C(c3ccc(C)cc3C)C(=O)N(c3ccc(C(C)(C)C)cc3)C2=O)c(C)c1. The first kappa shape index (κ1) is 23.5. The van der Waals surface area contributed by atoms with Gasteiger partial charge in [0.2, 0.25) is 0 Å². The lowest BCUT2D eigenvalue weighted by Gasteiger charge is -2.21. The van der Waals surface area contributed by atoms with Crippen molar-refractivity contribution < 1.29 is 9.59 Å². The molecule has 0 aromatic heterocycles. The maximum Gasteiger partial charge on any atom is 0.282 e. The Kier molecular flexibility index (Phi) is 5.94. The van der Waals surface area contributed by atoms with Crippen molar-refractivity contribution in [2.45, 2.75) is 53.9 Å². The minimum absolute atomic E-state index is 0.0182. The van der Waals surface area contributed by atoms with Crippen molar-refractivity contribution in [3.8, 4) is 0 Å². The van der Waals surface area contributed by atoms with Gasteiger partial charge in [-0.1, -0.05) is 74.4 Å². The van der Waals surface area contributed by atoms with Crippen LogP contribution in [0.4, 0.5) is 11.4 Å². The number of carbonyl (C=O) groups is 2. The largest absolute Gasteiger partial charge is 0.350 e. The number of nitrogens with one attached hydrogen (secondary N) is 1. The zero-order valence-electron chi connectivity index (χ0n) is 21.0. The number of rotatable bonds is 4. The summed E-state index contributed by atoms with van der Waals surface area (Å²) in [5.74, 6) is -0.656. The first-order chi connectivity index (χ1) is 16.0. The first-order valence-corrected chi connectivity index (χ1v) is 11.6. The third kappa shape index (κ3) is 4.28. The highest BCUT2D eigenvalue weighted by molar-refractivity contribution is 6.46. The van der Waals surface area contributed by atoms with Crippen LogP contribution < -0.4 is 10.2 Å². The van der Waals surface area contributed by atoms with Gasteiger partial charge in [-0.25, -0.2) is 4.90 Å². The van der Waals surface area contributed by atoms with Gasteiger partial charge in [-0.3, -0.25) is 9.59 Å². The van der Waals surface area contributed by atoms with Crippen LogP contribution in [0, 0.1) is 27.7 Å².